The SMILES string of the molecule is COCC(O)CNC(=O)CNC(=O)c1ccccc1F. The minimum absolute atomic E-state index is 0.0161. The number of nitrogens with one attached hydrogen (secondary N) is 2. The third-order valence-corrected chi connectivity index (χ3v) is 2.42. The molecule has 0 aliphatic carbocycles. The summed E-state index contributed by atoms with van der Waals surface area (Å²) in [7, 11) is 1.43. The number of rotatable bonds is 7. The lowest BCUT2D eigenvalue weighted by atomic mass is 10.2. The van der Waals surface area contributed by atoms with Crippen LogP contribution in [0.1, 0.15) is 10.4 Å². The Kier molecular flexibility index (Phi) is 6.61. The number of carbonyl (C=O) groups excluding carboxylic acids is 2. The van der Waals surface area contributed by atoms with E-state index in [0.717, 1.165) is 6.07 Å². The average molecular weight is 284 g/mol. The van der Waals surface area contributed by atoms with Gasteiger partial charge in [0.25, 0.3) is 5.91 Å². The van der Waals surface area contributed by atoms with Crippen molar-refractivity contribution in [2.24, 2.45) is 0 Å². The standard InChI is InChI=1S/C13H17FN2O4/c1-20-8-9(17)6-15-12(18)7-16-13(19)10-4-2-3-5-11(10)14/h2-5,9,17H,6-8H2,1H3,(H,15,18)(H,16,19). The number of halogens is 1. The summed E-state index contributed by atoms with van der Waals surface area (Å²) in [6.07, 6.45) is -0.814. The van der Waals surface area contributed by atoms with E-state index < -0.39 is 23.7 Å². The molecule has 1 aromatic rings. The highest BCUT2D eigenvalue weighted by Gasteiger charge is 2.12. The molecule has 1 unspecified atom stereocenters. The van der Waals surface area contributed by atoms with Crippen molar-refractivity contribution in [1.82, 2.24) is 10.6 Å². The molecule has 0 saturated heterocycles. The number of carbonyl (C=O) groups is 2. The zero-order chi connectivity index (χ0) is 15.0. The summed E-state index contributed by atoms with van der Waals surface area (Å²) in [5.74, 6) is -1.80. The first-order chi connectivity index (χ1) is 9.54. The molecule has 0 saturated carbocycles. The van der Waals surface area contributed by atoms with Crippen molar-refractivity contribution in [2.45, 2.75) is 6.10 Å². The van der Waals surface area contributed by atoms with E-state index in [1.807, 2.05) is 0 Å². The van der Waals surface area contributed by atoms with Crippen molar-refractivity contribution < 1.29 is 23.8 Å². The zero-order valence-electron chi connectivity index (χ0n) is 11.1. The summed E-state index contributed by atoms with van der Waals surface area (Å²) in [5.41, 5.74) is -0.125. The first-order valence-corrected chi connectivity index (χ1v) is 6.01. The Morgan fingerprint density at radius 1 is 1.35 bits per heavy atom. The highest BCUT2D eigenvalue weighted by molar-refractivity contribution is 5.96. The van der Waals surface area contributed by atoms with Gasteiger partial charge in [-0.05, 0) is 12.1 Å². The third kappa shape index (κ3) is 5.33. The van der Waals surface area contributed by atoms with E-state index in [2.05, 4.69) is 10.6 Å². The van der Waals surface area contributed by atoms with Gasteiger partial charge in [-0.2, -0.15) is 0 Å². The number of aliphatic hydroxyl groups excluding tert-OH is 1. The van der Waals surface area contributed by atoms with Gasteiger partial charge in [-0.25, -0.2) is 4.39 Å². The zero-order valence-corrected chi connectivity index (χ0v) is 11.1. The Bertz CT molecular complexity index is 467. The highest BCUT2D eigenvalue weighted by atomic mass is 19.1. The fourth-order valence-corrected chi connectivity index (χ4v) is 1.45. The van der Waals surface area contributed by atoms with Gasteiger partial charge in [0.05, 0.1) is 24.8 Å². The molecule has 7 heteroatoms. The van der Waals surface area contributed by atoms with Gasteiger partial charge >= 0.3 is 0 Å². The Morgan fingerprint density at radius 2 is 2.05 bits per heavy atom. The number of hydrogen-bond acceptors (Lipinski definition) is 4. The van der Waals surface area contributed by atoms with Crippen LogP contribution in [0.5, 0.6) is 0 Å². The van der Waals surface area contributed by atoms with Crippen LogP contribution in [0.25, 0.3) is 0 Å². The van der Waals surface area contributed by atoms with Gasteiger partial charge in [0.1, 0.15) is 5.82 Å². The van der Waals surface area contributed by atoms with E-state index in [1.54, 1.807) is 0 Å². The average Bonchev–Trinajstić information content (AvgIpc) is 2.43. The van der Waals surface area contributed by atoms with Gasteiger partial charge in [0.15, 0.2) is 0 Å². The molecule has 20 heavy (non-hydrogen) atoms. The molecule has 2 amide bonds. The van der Waals surface area contributed by atoms with Crippen LogP contribution in [0.3, 0.4) is 0 Å². The molecule has 3 N–H and O–H groups in total. The predicted octanol–water partition coefficient (Wildman–Crippen LogP) is -0.321. The summed E-state index contributed by atoms with van der Waals surface area (Å²) < 4.78 is 18.0. The van der Waals surface area contributed by atoms with E-state index in [1.165, 1.54) is 25.3 Å². The molecule has 0 spiro atoms. The minimum Gasteiger partial charge on any atom is -0.389 e. The molecule has 1 rings (SSSR count). The number of ether oxygens (including phenoxy) is 1. The van der Waals surface area contributed by atoms with Gasteiger partial charge in [0, 0.05) is 13.7 Å². The van der Waals surface area contributed by atoms with Gasteiger partial charge < -0.3 is 20.5 Å². The van der Waals surface area contributed by atoms with E-state index in [9.17, 15) is 19.1 Å². The number of amides is 2. The van der Waals surface area contributed by atoms with Crippen LogP contribution < -0.4 is 10.6 Å². The molecule has 0 radical (unpaired) electrons. The van der Waals surface area contributed by atoms with Crippen LogP contribution >= 0.6 is 0 Å². The van der Waals surface area contributed by atoms with Crippen molar-refractivity contribution in [3.05, 3.63) is 35.6 Å². The third-order valence-electron chi connectivity index (χ3n) is 2.42. The molecule has 0 aliphatic heterocycles. The topological polar surface area (TPSA) is 87.7 Å². The summed E-state index contributed by atoms with van der Waals surface area (Å²) in [6.45, 7) is -0.184. The second-order valence-electron chi connectivity index (χ2n) is 4.08. The van der Waals surface area contributed by atoms with E-state index in [-0.39, 0.29) is 25.3 Å². The molecule has 0 bridgehead atoms. The molecule has 1 atom stereocenters. The maximum absolute atomic E-state index is 13.3. The van der Waals surface area contributed by atoms with E-state index in [0.29, 0.717) is 0 Å². The Morgan fingerprint density at radius 3 is 2.70 bits per heavy atom. The number of hydrogen-bond donors (Lipinski definition) is 3. The number of benzene rings is 1. The van der Waals surface area contributed by atoms with Crippen molar-refractivity contribution in [1.29, 1.82) is 0 Å². The largest absolute Gasteiger partial charge is 0.389 e. The quantitative estimate of drug-likeness (QED) is 0.640. The maximum atomic E-state index is 13.3. The second-order valence-corrected chi connectivity index (χ2v) is 4.08. The molecular weight excluding hydrogens is 267 g/mol. The summed E-state index contributed by atoms with van der Waals surface area (Å²) >= 11 is 0. The van der Waals surface area contributed by atoms with E-state index >= 15 is 0 Å². The second kappa shape index (κ2) is 8.23. The van der Waals surface area contributed by atoms with Gasteiger partial charge in [-0.1, -0.05) is 12.1 Å². The van der Waals surface area contributed by atoms with E-state index in [4.69, 9.17) is 4.74 Å². The van der Waals surface area contributed by atoms with Crippen LogP contribution in [0.2, 0.25) is 0 Å². The fourth-order valence-electron chi connectivity index (χ4n) is 1.45. The predicted molar refractivity (Wildman–Crippen MR) is 69.6 cm³/mol. The Hall–Kier alpha value is -1.99. The molecule has 6 nitrogen and oxygen atoms in total. The molecule has 0 aromatic heterocycles. The van der Waals surface area contributed by atoms with Gasteiger partial charge in [-0.15, -0.1) is 0 Å². The normalized spacial score (nSPS) is 11.8. The lowest BCUT2D eigenvalue weighted by Crippen LogP contribution is -2.41. The summed E-state index contributed by atoms with van der Waals surface area (Å²) in [6, 6.07) is 5.48. The van der Waals surface area contributed by atoms with Crippen LogP contribution in [0.15, 0.2) is 24.3 Å². The van der Waals surface area contributed by atoms with Crippen molar-refractivity contribution in [3.8, 4) is 0 Å². The molecular formula is C13H17FN2O4. The molecule has 1 aromatic carbocycles. The highest BCUT2D eigenvalue weighted by Crippen LogP contribution is 2.05. The lowest BCUT2D eigenvalue weighted by molar-refractivity contribution is -0.120. The summed E-state index contributed by atoms with van der Waals surface area (Å²) in [5, 5.41) is 14.0. The smallest absolute Gasteiger partial charge is 0.254 e. The van der Waals surface area contributed by atoms with Crippen LogP contribution in [-0.2, 0) is 9.53 Å². The molecule has 110 valence electrons. The van der Waals surface area contributed by atoms with Crippen molar-refractivity contribution in [3.63, 3.8) is 0 Å². The monoisotopic (exact) mass is 284 g/mol. The lowest BCUT2D eigenvalue weighted by Gasteiger charge is -2.11. The van der Waals surface area contributed by atoms with Crippen LogP contribution in [0, 0.1) is 5.82 Å². The number of aliphatic hydroxyl groups is 1. The first-order valence-electron chi connectivity index (χ1n) is 6.01. The van der Waals surface area contributed by atoms with Gasteiger partial charge in [0.2, 0.25) is 5.91 Å². The molecule has 0 fully saturated rings. The molecule has 0 aliphatic rings. The Balaban J connectivity index is 2.34. The van der Waals surface area contributed by atoms with Gasteiger partial charge in [-0.3, -0.25) is 9.59 Å². The maximum Gasteiger partial charge on any atom is 0.254 e. The number of methoxy groups -OCH3 is 1. The van der Waals surface area contributed by atoms with Crippen LogP contribution in [0.4, 0.5) is 4.39 Å². The van der Waals surface area contributed by atoms with Crippen molar-refractivity contribution in [2.75, 3.05) is 26.8 Å². The minimum atomic E-state index is -0.814. The molecule has 0 heterocycles. The van der Waals surface area contributed by atoms with Crippen LogP contribution in [-0.4, -0.2) is 49.8 Å². The summed E-state index contributed by atoms with van der Waals surface area (Å²) in [4.78, 5) is 23.0. The Labute approximate surface area is 115 Å². The fraction of sp³-hybridized carbons (Fsp3) is 0.385. The van der Waals surface area contributed by atoms with Crippen molar-refractivity contribution >= 4 is 11.8 Å². The first kappa shape index (κ1) is 16.1.